The Morgan fingerprint density at radius 1 is 1.13 bits per heavy atom. The fourth-order valence-electron chi connectivity index (χ4n) is 1.96. The molecule has 0 aliphatic heterocycles. The lowest BCUT2D eigenvalue weighted by Crippen LogP contribution is -2.17. The van der Waals surface area contributed by atoms with Crippen LogP contribution < -0.4 is 14.9 Å². The van der Waals surface area contributed by atoms with Crippen molar-refractivity contribution >= 4 is 12.1 Å². The Hall–Kier alpha value is -2.89. The first-order valence-corrected chi connectivity index (χ1v) is 6.86. The van der Waals surface area contributed by atoms with E-state index >= 15 is 0 Å². The number of carbonyl (C=O) groups is 1. The molecule has 0 bridgehead atoms. The molecule has 0 heterocycles. The van der Waals surface area contributed by atoms with Crippen molar-refractivity contribution in [2.75, 3.05) is 14.2 Å². The smallest absolute Gasteiger partial charge is 0.271 e. The number of amides is 1. The predicted molar refractivity (Wildman–Crippen MR) is 85.7 cm³/mol. The summed E-state index contributed by atoms with van der Waals surface area (Å²) < 4.78 is 23.3. The SMILES string of the molecule is COc1cc(C)c(C=NNC(=O)c2ccc(F)cc2)cc1OC. The van der Waals surface area contributed by atoms with Gasteiger partial charge in [-0.15, -0.1) is 0 Å². The average molecular weight is 316 g/mol. The highest BCUT2D eigenvalue weighted by atomic mass is 19.1. The Bertz CT molecular complexity index is 727. The second kappa shape index (κ2) is 7.40. The van der Waals surface area contributed by atoms with E-state index in [1.165, 1.54) is 30.5 Å². The summed E-state index contributed by atoms with van der Waals surface area (Å²) in [5.74, 6) is 0.382. The Kier molecular flexibility index (Phi) is 5.30. The average Bonchev–Trinajstić information content (AvgIpc) is 2.56. The molecule has 1 amide bonds. The molecule has 23 heavy (non-hydrogen) atoms. The fourth-order valence-corrected chi connectivity index (χ4v) is 1.96. The lowest BCUT2D eigenvalue weighted by Gasteiger charge is -2.10. The van der Waals surface area contributed by atoms with Crippen molar-refractivity contribution in [3.63, 3.8) is 0 Å². The van der Waals surface area contributed by atoms with Gasteiger partial charge in [0.2, 0.25) is 0 Å². The molecule has 2 rings (SSSR count). The first-order chi connectivity index (χ1) is 11.0. The third-order valence-electron chi connectivity index (χ3n) is 3.25. The van der Waals surface area contributed by atoms with Crippen molar-refractivity contribution in [2.24, 2.45) is 5.10 Å². The second-order valence-electron chi connectivity index (χ2n) is 4.77. The third kappa shape index (κ3) is 4.06. The van der Waals surface area contributed by atoms with Gasteiger partial charge in [0, 0.05) is 11.1 Å². The minimum absolute atomic E-state index is 0.326. The number of nitrogens with zero attached hydrogens (tertiary/aromatic N) is 1. The van der Waals surface area contributed by atoms with Crippen molar-refractivity contribution in [1.82, 2.24) is 5.43 Å². The molecule has 2 aromatic carbocycles. The molecule has 5 nitrogen and oxygen atoms in total. The molecule has 2 aromatic rings. The molecule has 0 fully saturated rings. The second-order valence-corrected chi connectivity index (χ2v) is 4.77. The minimum Gasteiger partial charge on any atom is -0.493 e. The number of hydrogen-bond acceptors (Lipinski definition) is 4. The molecular weight excluding hydrogens is 299 g/mol. The topological polar surface area (TPSA) is 59.9 Å². The molecule has 0 radical (unpaired) electrons. The lowest BCUT2D eigenvalue weighted by molar-refractivity contribution is 0.0955. The molecule has 120 valence electrons. The molecule has 0 aromatic heterocycles. The first kappa shape index (κ1) is 16.5. The zero-order valence-electron chi connectivity index (χ0n) is 13.1. The van der Waals surface area contributed by atoms with E-state index in [-0.39, 0.29) is 0 Å². The maximum Gasteiger partial charge on any atom is 0.271 e. The number of nitrogens with one attached hydrogen (secondary N) is 1. The minimum atomic E-state index is -0.417. The standard InChI is InChI=1S/C17H17FN2O3/c1-11-8-15(22-2)16(23-3)9-13(11)10-19-20-17(21)12-4-6-14(18)7-5-12/h4-10H,1-3H3,(H,20,21). The van der Waals surface area contributed by atoms with E-state index < -0.39 is 11.7 Å². The zero-order valence-corrected chi connectivity index (χ0v) is 13.1. The van der Waals surface area contributed by atoms with E-state index in [1.54, 1.807) is 20.3 Å². The number of aryl methyl sites for hydroxylation is 1. The summed E-state index contributed by atoms with van der Waals surface area (Å²) in [5, 5.41) is 3.92. The van der Waals surface area contributed by atoms with Crippen LogP contribution in [0.15, 0.2) is 41.5 Å². The van der Waals surface area contributed by atoms with E-state index in [4.69, 9.17) is 9.47 Å². The number of methoxy groups -OCH3 is 2. The molecule has 0 spiro atoms. The monoisotopic (exact) mass is 316 g/mol. The van der Waals surface area contributed by atoms with Crippen molar-refractivity contribution in [3.8, 4) is 11.5 Å². The first-order valence-electron chi connectivity index (χ1n) is 6.86. The molecule has 1 N–H and O–H groups in total. The number of carbonyl (C=O) groups excluding carboxylic acids is 1. The van der Waals surface area contributed by atoms with Gasteiger partial charge in [-0.3, -0.25) is 4.79 Å². The highest BCUT2D eigenvalue weighted by Gasteiger charge is 2.08. The van der Waals surface area contributed by atoms with Gasteiger partial charge < -0.3 is 9.47 Å². The summed E-state index contributed by atoms with van der Waals surface area (Å²) >= 11 is 0. The summed E-state index contributed by atoms with van der Waals surface area (Å²) in [5.41, 5.74) is 4.42. The Labute approximate surface area is 133 Å². The van der Waals surface area contributed by atoms with Gasteiger partial charge in [-0.25, -0.2) is 9.82 Å². The number of rotatable bonds is 5. The van der Waals surface area contributed by atoms with Gasteiger partial charge in [-0.2, -0.15) is 5.10 Å². The molecule has 0 atom stereocenters. The number of halogens is 1. The maximum atomic E-state index is 12.8. The molecule has 0 aliphatic rings. The Morgan fingerprint density at radius 2 is 1.74 bits per heavy atom. The number of hydrazone groups is 1. The highest BCUT2D eigenvalue weighted by molar-refractivity contribution is 5.95. The summed E-state index contributed by atoms with van der Waals surface area (Å²) in [6.45, 7) is 1.89. The van der Waals surface area contributed by atoms with E-state index in [0.717, 1.165) is 11.1 Å². The zero-order chi connectivity index (χ0) is 16.8. The van der Waals surface area contributed by atoms with E-state index in [0.29, 0.717) is 17.1 Å². The largest absolute Gasteiger partial charge is 0.493 e. The summed E-state index contributed by atoms with van der Waals surface area (Å²) in [6, 6.07) is 8.81. The van der Waals surface area contributed by atoms with Crippen LogP contribution in [0.5, 0.6) is 11.5 Å². The van der Waals surface area contributed by atoms with E-state index in [2.05, 4.69) is 10.5 Å². The van der Waals surface area contributed by atoms with Gasteiger partial charge in [-0.05, 0) is 48.9 Å². The van der Waals surface area contributed by atoms with Crippen molar-refractivity contribution in [2.45, 2.75) is 6.92 Å². The molecule has 0 saturated heterocycles. The Morgan fingerprint density at radius 3 is 2.35 bits per heavy atom. The van der Waals surface area contributed by atoms with Gasteiger partial charge in [0.05, 0.1) is 20.4 Å². The van der Waals surface area contributed by atoms with Crippen LogP contribution in [0.1, 0.15) is 21.5 Å². The van der Waals surface area contributed by atoms with Crippen LogP contribution in [-0.2, 0) is 0 Å². The number of benzene rings is 2. The summed E-state index contributed by atoms with van der Waals surface area (Å²) in [4.78, 5) is 11.9. The van der Waals surface area contributed by atoms with Crippen LogP contribution in [0.25, 0.3) is 0 Å². The highest BCUT2D eigenvalue weighted by Crippen LogP contribution is 2.29. The molecule has 0 aliphatic carbocycles. The molecule has 0 saturated carbocycles. The van der Waals surface area contributed by atoms with Gasteiger partial charge in [0.25, 0.3) is 5.91 Å². The van der Waals surface area contributed by atoms with Crippen molar-refractivity contribution < 1.29 is 18.7 Å². The quantitative estimate of drug-likeness (QED) is 0.681. The van der Waals surface area contributed by atoms with E-state index in [9.17, 15) is 9.18 Å². The van der Waals surface area contributed by atoms with Crippen LogP contribution >= 0.6 is 0 Å². The number of ether oxygens (including phenoxy) is 2. The van der Waals surface area contributed by atoms with Gasteiger partial charge >= 0.3 is 0 Å². The predicted octanol–water partition coefficient (Wildman–Crippen LogP) is 2.92. The number of hydrogen-bond donors (Lipinski definition) is 1. The lowest BCUT2D eigenvalue weighted by atomic mass is 10.1. The van der Waals surface area contributed by atoms with Gasteiger partial charge in [-0.1, -0.05) is 0 Å². The molecular formula is C17H17FN2O3. The maximum absolute atomic E-state index is 12.8. The third-order valence-corrected chi connectivity index (χ3v) is 3.25. The molecule has 6 heteroatoms. The fraction of sp³-hybridized carbons (Fsp3) is 0.176. The van der Waals surface area contributed by atoms with Crippen LogP contribution in [0, 0.1) is 12.7 Å². The van der Waals surface area contributed by atoms with Crippen LogP contribution in [-0.4, -0.2) is 26.3 Å². The Balaban J connectivity index is 2.11. The summed E-state index contributed by atoms with van der Waals surface area (Å²) in [6.07, 6.45) is 1.51. The normalized spacial score (nSPS) is 10.6. The summed E-state index contributed by atoms with van der Waals surface area (Å²) in [7, 11) is 3.11. The van der Waals surface area contributed by atoms with Crippen LogP contribution in [0.2, 0.25) is 0 Å². The van der Waals surface area contributed by atoms with Crippen molar-refractivity contribution in [3.05, 3.63) is 58.9 Å². The van der Waals surface area contributed by atoms with Gasteiger partial charge in [0.15, 0.2) is 11.5 Å². The molecule has 0 unspecified atom stereocenters. The van der Waals surface area contributed by atoms with E-state index in [1.807, 2.05) is 13.0 Å². The van der Waals surface area contributed by atoms with Crippen LogP contribution in [0.3, 0.4) is 0 Å². The van der Waals surface area contributed by atoms with Gasteiger partial charge in [0.1, 0.15) is 5.82 Å². The van der Waals surface area contributed by atoms with Crippen LogP contribution in [0.4, 0.5) is 4.39 Å². The van der Waals surface area contributed by atoms with Crippen molar-refractivity contribution in [1.29, 1.82) is 0 Å².